The highest BCUT2D eigenvalue weighted by Crippen LogP contribution is 2.44. The van der Waals surface area contributed by atoms with Gasteiger partial charge in [-0.25, -0.2) is 9.59 Å². The zero-order chi connectivity index (χ0) is 25.0. The maximum Gasteiger partial charge on any atom is 0.407 e. The van der Waals surface area contributed by atoms with Gasteiger partial charge >= 0.3 is 18.0 Å². The summed E-state index contributed by atoms with van der Waals surface area (Å²) in [6.07, 6.45) is -1.51. The summed E-state index contributed by atoms with van der Waals surface area (Å²) in [6, 6.07) is 23.5. The summed E-state index contributed by atoms with van der Waals surface area (Å²) in [6.45, 7) is 3.45. The van der Waals surface area contributed by atoms with Crippen LogP contribution in [0.5, 0.6) is 0 Å². The third kappa shape index (κ3) is 5.35. The minimum Gasteiger partial charge on any atom is -0.481 e. The summed E-state index contributed by atoms with van der Waals surface area (Å²) >= 11 is 0. The molecule has 0 unspecified atom stereocenters. The van der Waals surface area contributed by atoms with Crippen LogP contribution in [-0.2, 0) is 24.7 Å². The van der Waals surface area contributed by atoms with Crippen molar-refractivity contribution in [1.29, 1.82) is 0 Å². The standard InChI is InChI=1S/C28H27NO6/c1-28(2,18-10-4-3-5-11-18)35-26(32)24(16-25(30)31)29-27(33)34-17-23-21-14-8-6-12-19(21)20-13-7-9-15-22(20)23/h3-15,23-24H,16-17H2,1-2H3,(H,29,33)(H,30,31)/t24-/m1/s1. The molecule has 0 heterocycles. The normalized spacial score (nSPS) is 13.3. The molecule has 1 atom stereocenters. The van der Waals surface area contributed by atoms with E-state index in [-0.39, 0.29) is 12.5 Å². The Labute approximate surface area is 203 Å². The Morgan fingerprint density at radius 1 is 0.886 bits per heavy atom. The van der Waals surface area contributed by atoms with Crippen LogP contribution in [-0.4, -0.2) is 35.8 Å². The van der Waals surface area contributed by atoms with Crippen molar-refractivity contribution in [1.82, 2.24) is 5.32 Å². The summed E-state index contributed by atoms with van der Waals surface area (Å²) in [4.78, 5) is 36.8. The molecule has 7 nitrogen and oxygen atoms in total. The maximum absolute atomic E-state index is 12.8. The molecule has 0 saturated carbocycles. The number of nitrogens with one attached hydrogen (secondary N) is 1. The van der Waals surface area contributed by atoms with Crippen molar-refractivity contribution in [3.63, 3.8) is 0 Å². The van der Waals surface area contributed by atoms with E-state index >= 15 is 0 Å². The highest BCUT2D eigenvalue weighted by atomic mass is 16.6. The number of carbonyl (C=O) groups is 3. The lowest BCUT2D eigenvalue weighted by molar-refractivity contribution is -0.162. The Morgan fingerprint density at radius 2 is 1.43 bits per heavy atom. The molecule has 0 fully saturated rings. The Bertz CT molecular complexity index is 1190. The summed E-state index contributed by atoms with van der Waals surface area (Å²) < 4.78 is 11.1. The summed E-state index contributed by atoms with van der Waals surface area (Å²) in [5, 5.41) is 11.7. The first-order valence-electron chi connectivity index (χ1n) is 11.4. The summed E-state index contributed by atoms with van der Waals surface area (Å²) in [5.41, 5.74) is 4.00. The van der Waals surface area contributed by atoms with Crippen LogP contribution in [0, 0.1) is 0 Å². The fourth-order valence-corrected chi connectivity index (χ4v) is 4.37. The second-order valence-corrected chi connectivity index (χ2v) is 8.92. The Morgan fingerprint density at radius 3 is 2.00 bits per heavy atom. The van der Waals surface area contributed by atoms with E-state index in [1.54, 1.807) is 26.0 Å². The molecule has 0 aromatic heterocycles. The lowest BCUT2D eigenvalue weighted by Gasteiger charge is -2.28. The first-order valence-corrected chi connectivity index (χ1v) is 11.4. The topological polar surface area (TPSA) is 102 Å². The second kappa shape index (κ2) is 10.0. The quantitative estimate of drug-likeness (QED) is 0.454. The highest BCUT2D eigenvalue weighted by molar-refractivity contribution is 5.86. The average Bonchev–Trinajstić information content (AvgIpc) is 3.16. The van der Waals surface area contributed by atoms with E-state index in [4.69, 9.17) is 9.47 Å². The molecule has 0 radical (unpaired) electrons. The number of alkyl carbamates (subject to hydrolysis) is 1. The van der Waals surface area contributed by atoms with Crippen molar-refractivity contribution in [2.45, 2.75) is 37.8 Å². The lowest BCUT2D eigenvalue weighted by atomic mass is 9.98. The van der Waals surface area contributed by atoms with Crippen LogP contribution in [0.25, 0.3) is 11.1 Å². The van der Waals surface area contributed by atoms with Gasteiger partial charge in [0.1, 0.15) is 18.2 Å². The van der Waals surface area contributed by atoms with Gasteiger partial charge in [0, 0.05) is 5.92 Å². The molecule has 0 saturated heterocycles. The molecule has 35 heavy (non-hydrogen) atoms. The van der Waals surface area contributed by atoms with Gasteiger partial charge in [0.15, 0.2) is 0 Å². The van der Waals surface area contributed by atoms with E-state index in [1.807, 2.05) is 66.7 Å². The zero-order valence-electron chi connectivity index (χ0n) is 19.6. The van der Waals surface area contributed by atoms with Crippen LogP contribution in [0.15, 0.2) is 78.9 Å². The van der Waals surface area contributed by atoms with Gasteiger partial charge in [-0.3, -0.25) is 4.79 Å². The zero-order valence-corrected chi connectivity index (χ0v) is 19.6. The van der Waals surface area contributed by atoms with Gasteiger partial charge in [-0.05, 0) is 41.7 Å². The minimum atomic E-state index is -1.40. The summed E-state index contributed by atoms with van der Waals surface area (Å²) in [5.74, 6) is -2.26. The van der Waals surface area contributed by atoms with Crippen molar-refractivity contribution in [2.24, 2.45) is 0 Å². The number of aliphatic carboxylic acids is 1. The van der Waals surface area contributed by atoms with Crippen LogP contribution in [0.4, 0.5) is 4.79 Å². The predicted molar refractivity (Wildman–Crippen MR) is 130 cm³/mol. The van der Waals surface area contributed by atoms with E-state index in [0.717, 1.165) is 27.8 Å². The van der Waals surface area contributed by atoms with Crippen LogP contribution in [0.3, 0.4) is 0 Å². The van der Waals surface area contributed by atoms with E-state index in [9.17, 15) is 19.5 Å². The number of carbonyl (C=O) groups excluding carboxylic acids is 2. The molecule has 1 amide bonds. The Kier molecular flexibility index (Phi) is 6.87. The molecule has 3 aromatic rings. The highest BCUT2D eigenvalue weighted by Gasteiger charge is 2.33. The molecule has 0 aliphatic heterocycles. The number of hydrogen-bond donors (Lipinski definition) is 2. The predicted octanol–water partition coefficient (Wildman–Crippen LogP) is 4.85. The monoisotopic (exact) mass is 473 g/mol. The Balaban J connectivity index is 1.43. The van der Waals surface area contributed by atoms with Gasteiger partial charge in [0.2, 0.25) is 0 Å². The molecule has 2 N–H and O–H groups in total. The average molecular weight is 474 g/mol. The van der Waals surface area contributed by atoms with Gasteiger partial charge in [-0.1, -0.05) is 78.9 Å². The van der Waals surface area contributed by atoms with Crippen LogP contribution < -0.4 is 5.32 Å². The van der Waals surface area contributed by atoms with Crippen LogP contribution in [0.1, 0.15) is 42.9 Å². The molecule has 7 heteroatoms. The van der Waals surface area contributed by atoms with Gasteiger partial charge in [-0.15, -0.1) is 0 Å². The second-order valence-electron chi connectivity index (χ2n) is 8.92. The molecule has 3 aromatic carbocycles. The largest absolute Gasteiger partial charge is 0.481 e. The molecular weight excluding hydrogens is 446 g/mol. The van der Waals surface area contributed by atoms with Crippen molar-refractivity contribution >= 4 is 18.0 Å². The molecule has 0 bridgehead atoms. The van der Waals surface area contributed by atoms with E-state index in [0.29, 0.717) is 0 Å². The SMILES string of the molecule is CC(C)(OC(=O)[C@@H](CC(=O)O)NC(=O)OCC1c2ccccc2-c2ccccc21)c1ccccc1. The van der Waals surface area contributed by atoms with Gasteiger partial charge < -0.3 is 19.9 Å². The molecule has 1 aliphatic carbocycles. The number of amides is 1. The van der Waals surface area contributed by atoms with E-state index in [2.05, 4.69) is 5.32 Å². The smallest absolute Gasteiger partial charge is 0.407 e. The number of rotatable bonds is 8. The van der Waals surface area contributed by atoms with Crippen molar-refractivity contribution in [3.05, 3.63) is 95.6 Å². The fourth-order valence-electron chi connectivity index (χ4n) is 4.37. The first kappa shape index (κ1) is 24.0. The summed E-state index contributed by atoms with van der Waals surface area (Å²) in [7, 11) is 0. The van der Waals surface area contributed by atoms with Crippen LogP contribution >= 0.6 is 0 Å². The number of fused-ring (bicyclic) bond motifs is 3. The van der Waals surface area contributed by atoms with Gasteiger partial charge in [-0.2, -0.15) is 0 Å². The molecule has 180 valence electrons. The van der Waals surface area contributed by atoms with Crippen molar-refractivity contribution in [3.8, 4) is 11.1 Å². The van der Waals surface area contributed by atoms with Crippen molar-refractivity contribution < 1.29 is 29.0 Å². The molecular formula is C28H27NO6. The lowest BCUT2D eigenvalue weighted by Crippen LogP contribution is -2.45. The van der Waals surface area contributed by atoms with Crippen LogP contribution in [0.2, 0.25) is 0 Å². The molecule has 0 spiro atoms. The van der Waals surface area contributed by atoms with Crippen molar-refractivity contribution in [2.75, 3.05) is 6.61 Å². The number of carboxylic acids is 1. The number of ether oxygens (including phenoxy) is 2. The number of benzene rings is 3. The van der Waals surface area contributed by atoms with E-state index < -0.39 is 36.1 Å². The number of hydrogen-bond acceptors (Lipinski definition) is 5. The fraction of sp³-hybridized carbons (Fsp3) is 0.250. The Hall–Kier alpha value is -4.13. The van der Waals surface area contributed by atoms with E-state index in [1.165, 1.54) is 0 Å². The van der Waals surface area contributed by atoms with Gasteiger partial charge in [0.25, 0.3) is 0 Å². The minimum absolute atomic E-state index is 0.0458. The number of carboxylic acid groups (broad SMARTS) is 1. The third-order valence-corrected chi connectivity index (χ3v) is 6.12. The first-order chi connectivity index (χ1) is 16.8. The van der Waals surface area contributed by atoms with Gasteiger partial charge in [0.05, 0.1) is 6.42 Å². The third-order valence-electron chi connectivity index (χ3n) is 6.12. The number of esters is 1. The molecule has 1 aliphatic rings. The maximum atomic E-state index is 12.8. The molecule has 4 rings (SSSR count).